The van der Waals surface area contributed by atoms with Crippen molar-refractivity contribution in [3.05, 3.63) is 65.7 Å². The van der Waals surface area contributed by atoms with E-state index in [9.17, 15) is 5.11 Å². The van der Waals surface area contributed by atoms with Gasteiger partial charge in [0.15, 0.2) is 0 Å². The molecule has 3 heteroatoms. The number of aliphatic hydroxyl groups is 1. The molecule has 0 heterocycles. The summed E-state index contributed by atoms with van der Waals surface area (Å²) in [5, 5.41) is 15.2. The highest BCUT2D eigenvalue weighted by molar-refractivity contribution is 7.99. The molecule has 4 atom stereocenters. The van der Waals surface area contributed by atoms with Gasteiger partial charge in [-0.1, -0.05) is 69.2 Å². The molecule has 27 heavy (non-hydrogen) atoms. The monoisotopic (exact) mass is 383 g/mol. The molecule has 1 fully saturated rings. The maximum atomic E-state index is 10.9. The minimum Gasteiger partial charge on any atom is -0.387 e. The van der Waals surface area contributed by atoms with Gasteiger partial charge in [-0.05, 0) is 48.9 Å². The van der Waals surface area contributed by atoms with Crippen LogP contribution in [0.3, 0.4) is 0 Å². The largest absolute Gasteiger partial charge is 0.387 e. The van der Waals surface area contributed by atoms with E-state index in [1.807, 2.05) is 11.8 Å². The summed E-state index contributed by atoms with van der Waals surface area (Å²) >= 11 is 1.86. The number of benzene rings is 2. The molecular formula is C24H33NOS. The SMILES string of the molecule is CC(C)Sc1ccc(C(O)C(C)NC2CCCCC2c2ccccc2)cc1. The summed E-state index contributed by atoms with van der Waals surface area (Å²) in [7, 11) is 0. The lowest BCUT2D eigenvalue weighted by Gasteiger charge is -2.36. The summed E-state index contributed by atoms with van der Waals surface area (Å²) in [6.07, 6.45) is 4.49. The Labute approximate surface area is 168 Å². The summed E-state index contributed by atoms with van der Waals surface area (Å²) < 4.78 is 0. The average molecular weight is 384 g/mol. The predicted molar refractivity (Wildman–Crippen MR) is 116 cm³/mol. The Morgan fingerprint density at radius 2 is 1.59 bits per heavy atom. The molecule has 0 saturated heterocycles. The van der Waals surface area contributed by atoms with Gasteiger partial charge in [0.2, 0.25) is 0 Å². The maximum absolute atomic E-state index is 10.9. The first-order valence-corrected chi connectivity index (χ1v) is 11.2. The van der Waals surface area contributed by atoms with E-state index in [4.69, 9.17) is 0 Å². The van der Waals surface area contributed by atoms with E-state index in [2.05, 4.69) is 80.7 Å². The van der Waals surface area contributed by atoms with Gasteiger partial charge in [0.1, 0.15) is 0 Å². The second-order valence-corrected chi connectivity index (χ2v) is 9.69. The molecule has 2 N–H and O–H groups in total. The number of rotatable bonds is 7. The normalized spacial score (nSPS) is 22.6. The number of thioether (sulfide) groups is 1. The molecule has 0 aliphatic heterocycles. The summed E-state index contributed by atoms with van der Waals surface area (Å²) in [5.41, 5.74) is 2.42. The van der Waals surface area contributed by atoms with E-state index < -0.39 is 6.10 Å². The van der Waals surface area contributed by atoms with Gasteiger partial charge in [0.05, 0.1) is 6.10 Å². The van der Waals surface area contributed by atoms with Gasteiger partial charge in [-0.25, -0.2) is 0 Å². The third-order valence-corrected chi connectivity index (χ3v) is 6.55. The third kappa shape index (κ3) is 5.60. The zero-order valence-corrected chi connectivity index (χ0v) is 17.6. The molecule has 0 aromatic heterocycles. The van der Waals surface area contributed by atoms with E-state index in [0.717, 1.165) is 5.56 Å². The van der Waals surface area contributed by atoms with Crippen LogP contribution in [0.4, 0.5) is 0 Å². The van der Waals surface area contributed by atoms with Crippen molar-refractivity contribution >= 4 is 11.8 Å². The minimum absolute atomic E-state index is 0.0305. The molecule has 2 aromatic rings. The van der Waals surface area contributed by atoms with Gasteiger partial charge in [-0.2, -0.15) is 0 Å². The Bertz CT molecular complexity index is 685. The molecule has 1 aliphatic carbocycles. The zero-order chi connectivity index (χ0) is 19.2. The van der Waals surface area contributed by atoms with Crippen molar-refractivity contribution in [1.82, 2.24) is 5.32 Å². The van der Waals surface area contributed by atoms with Crippen molar-refractivity contribution < 1.29 is 5.11 Å². The van der Waals surface area contributed by atoms with Crippen molar-refractivity contribution in [1.29, 1.82) is 0 Å². The van der Waals surface area contributed by atoms with Crippen molar-refractivity contribution in [3.63, 3.8) is 0 Å². The summed E-state index contributed by atoms with van der Waals surface area (Å²) in [6, 6.07) is 19.7. The Kier molecular flexibility index (Phi) is 7.40. The summed E-state index contributed by atoms with van der Waals surface area (Å²) in [4.78, 5) is 1.26. The fourth-order valence-electron chi connectivity index (χ4n) is 4.16. The fraction of sp³-hybridized carbons (Fsp3) is 0.500. The predicted octanol–water partition coefficient (Wildman–Crippen LogP) is 5.93. The number of aliphatic hydroxyl groups excluding tert-OH is 1. The van der Waals surface area contributed by atoms with Crippen molar-refractivity contribution in [2.24, 2.45) is 0 Å². The van der Waals surface area contributed by atoms with E-state index in [-0.39, 0.29) is 6.04 Å². The lowest BCUT2D eigenvalue weighted by atomic mass is 9.79. The van der Waals surface area contributed by atoms with Crippen LogP contribution in [0.2, 0.25) is 0 Å². The second kappa shape index (κ2) is 9.77. The van der Waals surface area contributed by atoms with E-state index in [1.165, 1.54) is 36.1 Å². The Morgan fingerprint density at radius 1 is 0.926 bits per heavy atom. The van der Waals surface area contributed by atoms with Crippen LogP contribution in [-0.2, 0) is 0 Å². The molecule has 1 saturated carbocycles. The van der Waals surface area contributed by atoms with Gasteiger partial charge in [0.25, 0.3) is 0 Å². The first-order valence-electron chi connectivity index (χ1n) is 10.3. The molecule has 0 spiro atoms. The van der Waals surface area contributed by atoms with Crippen LogP contribution >= 0.6 is 11.8 Å². The van der Waals surface area contributed by atoms with Crippen molar-refractivity contribution in [2.75, 3.05) is 0 Å². The number of hydrogen-bond donors (Lipinski definition) is 2. The maximum Gasteiger partial charge on any atom is 0.0940 e. The van der Waals surface area contributed by atoms with Crippen LogP contribution in [0, 0.1) is 0 Å². The molecule has 146 valence electrons. The van der Waals surface area contributed by atoms with E-state index >= 15 is 0 Å². The molecule has 3 rings (SSSR count). The number of nitrogens with one attached hydrogen (secondary N) is 1. The molecule has 2 nitrogen and oxygen atoms in total. The van der Waals surface area contributed by atoms with Crippen LogP contribution < -0.4 is 5.32 Å². The molecular weight excluding hydrogens is 350 g/mol. The highest BCUT2D eigenvalue weighted by Crippen LogP contribution is 2.34. The third-order valence-electron chi connectivity index (χ3n) is 5.54. The highest BCUT2D eigenvalue weighted by atomic mass is 32.2. The second-order valence-electron chi connectivity index (χ2n) is 8.04. The molecule has 4 unspecified atom stereocenters. The van der Waals surface area contributed by atoms with Crippen molar-refractivity contribution in [3.8, 4) is 0 Å². The van der Waals surface area contributed by atoms with Crippen LogP contribution in [0.25, 0.3) is 0 Å². The van der Waals surface area contributed by atoms with Crippen LogP contribution in [0.5, 0.6) is 0 Å². The Balaban J connectivity index is 1.65. The van der Waals surface area contributed by atoms with Crippen LogP contribution in [-0.4, -0.2) is 22.4 Å². The van der Waals surface area contributed by atoms with Crippen LogP contribution in [0.15, 0.2) is 59.5 Å². The average Bonchev–Trinajstić information content (AvgIpc) is 2.68. The first kappa shape index (κ1) is 20.4. The van der Waals surface area contributed by atoms with E-state index in [0.29, 0.717) is 17.2 Å². The summed E-state index contributed by atoms with van der Waals surface area (Å²) in [6.45, 7) is 6.51. The first-order chi connectivity index (χ1) is 13.0. The topological polar surface area (TPSA) is 32.3 Å². The lowest BCUT2D eigenvalue weighted by Crippen LogP contribution is -2.44. The quantitative estimate of drug-likeness (QED) is 0.582. The van der Waals surface area contributed by atoms with Crippen LogP contribution in [0.1, 0.15) is 69.6 Å². The number of hydrogen-bond acceptors (Lipinski definition) is 3. The van der Waals surface area contributed by atoms with Gasteiger partial charge in [-0.3, -0.25) is 0 Å². The Morgan fingerprint density at radius 3 is 2.26 bits per heavy atom. The Hall–Kier alpha value is -1.29. The van der Waals surface area contributed by atoms with E-state index in [1.54, 1.807) is 0 Å². The molecule has 0 radical (unpaired) electrons. The van der Waals surface area contributed by atoms with Gasteiger partial charge in [0, 0.05) is 22.2 Å². The fourth-order valence-corrected chi connectivity index (χ4v) is 5.00. The summed E-state index contributed by atoms with van der Waals surface area (Å²) in [5.74, 6) is 0.541. The van der Waals surface area contributed by atoms with Gasteiger partial charge in [-0.15, -0.1) is 11.8 Å². The zero-order valence-electron chi connectivity index (χ0n) is 16.8. The molecule has 1 aliphatic rings. The molecule has 0 bridgehead atoms. The van der Waals surface area contributed by atoms with Gasteiger partial charge < -0.3 is 10.4 Å². The standard InChI is InChI=1S/C24H33NOS/c1-17(2)27-21-15-13-20(14-16-21)24(26)18(3)25-23-12-8-7-11-22(23)19-9-5-4-6-10-19/h4-6,9-10,13-18,22-26H,7-8,11-12H2,1-3H3. The highest BCUT2D eigenvalue weighted by Gasteiger charge is 2.29. The molecule has 0 amide bonds. The smallest absolute Gasteiger partial charge is 0.0940 e. The van der Waals surface area contributed by atoms with Gasteiger partial charge >= 0.3 is 0 Å². The lowest BCUT2D eigenvalue weighted by molar-refractivity contribution is 0.121. The minimum atomic E-state index is -0.485. The molecule has 2 aromatic carbocycles. The van der Waals surface area contributed by atoms with Crippen molar-refractivity contribution in [2.45, 2.75) is 80.7 Å².